The standard InChI is InChI=1S/C10H16N4O12P2/c1-21-10-24-6-5(3-22-28(19,20)26-27(16,17)18)23-9(7(6)25-10)14-12-2-4(13-14)8(11)15/h2,5-7,9-10H,3H2,1H3,(H2,11,15)(H,19,20)(H2,16,17,18)/t5-,6-,7-,9-,10?/m1/s1. The molecule has 1 aromatic heterocycles. The molecular formula is C10H16N4O12P2. The molecule has 18 heteroatoms. The number of aromatic nitrogens is 3. The highest BCUT2D eigenvalue weighted by molar-refractivity contribution is 7.60. The number of phosphoric acid groups is 2. The van der Waals surface area contributed by atoms with Crippen molar-refractivity contribution >= 4 is 21.6 Å². The topological polar surface area (TPSA) is 224 Å². The van der Waals surface area contributed by atoms with E-state index in [1.54, 1.807) is 0 Å². The lowest BCUT2D eigenvalue weighted by Gasteiger charge is -2.20. The third kappa shape index (κ3) is 4.82. The number of nitrogens with zero attached hydrogens (tertiary/aromatic N) is 3. The molecule has 3 rings (SSSR count). The Bertz CT molecular complexity index is 827. The van der Waals surface area contributed by atoms with Crippen LogP contribution in [0, 0.1) is 0 Å². The van der Waals surface area contributed by atoms with E-state index in [0.717, 1.165) is 11.0 Å². The zero-order valence-corrected chi connectivity index (χ0v) is 15.8. The molecule has 16 nitrogen and oxygen atoms in total. The van der Waals surface area contributed by atoms with E-state index in [-0.39, 0.29) is 5.69 Å². The Balaban J connectivity index is 1.74. The molecule has 28 heavy (non-hydrogen) atoms. The van der Waals surface area contributed by atoms with Crippen LogP contribution in [0.15, 0.2) is 6.20 Å². The molecule has 3 heterocycles. The molecule has 0 radical (unpaired) electrons. The van der Waals surface area contributed by atoms with Crippen LogP contribution in [0.1, 0.15) is 16.7 Å². The summed E-state index contributed by atoms with van der Waals surface area (Å²) in [6, 6.07) is 0. The van der Waals surface area contributed by atoms with Gasteiger partial charge in [-0.15, -0.1) is 5.10 Å². The average Bonchev–Trinajstić information content (AvgIpc) is 3.25. The maximum atomic E-state index is 11.6. The molecule has 1 amide bonds. The van der Waals surface area contributed by atoms with Gasteiger partial charge in [0.25, 0.3) is 12.4 Å². The van der Waals surface area contributed by atoms with E-state index in [9.17, 15) is 18.8 Å². The molecule has 2 aliphatic rings. The largest absolute Gasteiger partial charge is 0.481 e. The van der Waals surface area contributed by atoms with E-state index in [1.807, 2.05) is 0 Å². The lowest BCUT2D eigenvalue weighted by atomic mass is 10.1. The van der Waals surface area contributed by atoms with E-state index in [1.165, 1.54) is 7.11 Å². The van der Waals surface area contributed by atoms with Gasteiger partial charge in [-0.1, -0.05) is 0 Å². The Hall–Kier alpha value is -1.29. The predicted octanol–water partition coefficient (Wildman–Crippen LogP) is -1.79. The smallest absolute Gasteiger partial charge is 0.364 e. The van der Waals surface area contributed by atoms with Gasteiger partial charge >= 0.3 is 15.6 Å². The van der Waals surface area contributed by atoms with Gasteiger partial charge in [0.1, 0.15) is 18.3 Å². The van der Waals surface area contributed by atoms with Gasteiger partial charge < -0.3 is 39.4 Å². The van der Waals surface area contributed by atoms with Crippen molar-refractivity contribution in [1.29, 1.82) is 0 Å². The number of hydrogen-bond acceptors (Lipinski definition) is 11. The molecule has 1 aromatic rings. The third-order valence-corrected chi connectivity index (χ3v) is 5.77. The molecular weight excluding hydrogens is 430 g/mol. The number of phosphoric ester groups is 1. The summed E-state index contributed by atoms with van der Waals surface area (Å²) in [5, 5.41) is 7.71. The second kappa shape index (κ2) is 7.85. The summed E-state index contributed by atoms with van der Waals surface area (Å²) in [5.74, 6) is -0.824. The van der Waals surface area contributed by atoms with E-state index in [4.69, 9.17) is 34.5 Å². The summed E-state index contributed by atoms with van der Waals surface area (Å²) in [7, 11) is -9.06. The van der Waals surface area contributed by atoms with Crippen LogP contribution < -0.4 is 5.73 Å². The lowest BCUT2D eigenvalue weighted by Crippen LogP contribution is -2.32. The van der Waals surface area contributed by atoms with Gasteiger partial charge in [0.15, 0.2) is 11.9 Å². The van der Waals surface area contributed by atoms with Gasteiger partial charge in [-0.2, -0.15) is 14.2 Å². The number of hydrogen-bond donors (Lipinski definition) is 4. The van der Waals surface area contributed by atoms with E-state index in [2.05, 4.69) is 19.0 Å². The zero-order chi connectivity index (χ0) is 20.7. The second-order valence-electron chi connectivity index (χ2n) is 5.54. The molecule has 2 aliphatic heterocycles. The van der Waals surface area contributed by atoms with Crippen molar-refractivity contribution in [3.8, 4) is 0 Å². The van der Waals surface area contributed by atoms with Gasteiger partial charge in [0, 0.05) is 7.11 Å². The molecule has 0 spiro atoms. The van der Waals surface area contributed by atoms with Crippen molar-refractivity contribution in [3.63, 3.8) is 0 Å². The number of nitrogens with two attached hydrogens (primary N) is 1. The number of primary amides is 1. The lowest BCUT2D eigenvalue weighted by molar-refractivity contribution is -0.258. The van der Waals surface area contributed by atoms with Crippen LogP contribution in [-0.4, -0.2) is 74.1 Å². The summed E-state index contributed by atoms with van der Waals surface area (Å²) >= 11 is 0. The minimum Gasteiger partial charge on any atom is -0.364 e. The Morgan fingerprint density at radius 1 is 1.29 bits per heavy atom. The van der Waals surface area contributed by atoms with E-state index in [0.29, 0.717) is 0 Å². The number of methoxy groups -OCH3 is 1. The number of fused-ring (bicyclic) bond motifs is 1. The summed E-state index contributed by atoms with van der Waals surface area (Å²) in [6.07, 6.45) is -2.78. The Kier molecular flexibility index (Phi) is 6.01. The molecule has 0 saturated carbocycles. The number of ether oxygens (including phenoxy) is 4. The monoisotopic (exact) mass is 446 g/mol. The van der Waals surface area contributed by atoms with Gasteiger partial charge in [0.2, 0.25) is 0 Å². The third-order valence-electron chi connectivity index (χ3n) is 3.61. The first-order valence-corrected chi connectivity index (χ1v) is 10.5. The SMILES string of the molecule is COC1O[C@@H]2[C@H](O1)[C@@H](COP(=O)(O)OP(=O)(O)O)O[C@H]2n1ncc(C(N)=O)n1. The van der Waals surface area contributed by atoms with Crippen molar-refractivity contribution in [3.05, 3.63) is 11.9 Å². The summed E-state index contributed by atoms with van der Waals surface area (Å²) in [4.78, 5) is 38.8. The predicted molar refractivity (Wildman–Crippen MR) is 81.9 cm³/mol. The molecule has 2 unspecified atom stereocenters. The number of carbonyl (C=O) groups excluding carboxylic acids is 1. The Morgan fingerprint density at radius 3 is 2.54 bits per heavy atom. The van der Waals surface area contributed by atoms with Crippen molar-refractivity contribution in [2.75, 3.05) is 13.7 Å². The fraction of sp³-hybridized carbons (Fsp3) is 0.700. The minimum absolute atomic E-state index is 0.142. The van der Waals surface area contributed by atoms with Crippen molar-refractivity contribution in [1.82, 2.24) is 15.0 Å². The second-order valence-corrected chi connectivity index (χ2v) is 8.37. The molecule has 0 bridgehead atoms. The van der Waals surface area contributed by atoms with Crippen LogP contribution in [0.2, 0.25) is 0 Å². The van der Waals surface area contributed by atoms with Gasteiger partial charge in [0.05, 0.1) is 12.8 Å². The minimum atomic E-state index is -5.27. The van der Waals surface area contributed by atoms with Crippen molar-refractivity contribution < 1.29 is 56.4 Å². The first-order chi connectivity index (χ1) is 13.0. The van der Waals surface area contributed by atoms with Crippen molar-refractivity contribution in [2.24, 2.45) is 5.73 Å². The quantitative estimate of drug-likeness (QED) is 0.324. The Labute approximate surface area is 156 Å². The van der Waals surface area contributed by atoms with Gasteiger partial charge in [-0.05, 0) is 0 Å². The van der Waals surface area contributed by atoms with Crippen LogP contribution >= 0.6 is 15.6 Å². The molecule has 0 aliphatic carbocycles. The van der Waals surface area contributed by atoms with Crippen LogP contribution in [0.3, 0.4) is 0 Å². The zero-order valence-electron chi connectivity index (χ0n) is 14.0. The molecule has 0 aromatic carbocycles. The van der Waals surface area contributed by atoms with Gasteiger partial charge in [-0.25, -0.2) is 9.13 Å². The highest BCUT2D eigenvalue weighted by atomic mass is 31.3. The fourth-order valence-electron chi connectivity index (χ4n) is 2.57. The van der Waals surface area contributed by atoms with E-state index >= 15 is 0 Å². The number of carbonyl (C=O) groups is 1. The first-order valence-electron chi connectivity index (χ1n) is 7.44. The maximum Gasteiger partial charge on any atom is 0.481 e. The summed E-state index contributed by atoms with van der Waals surface area (Å²) < 4.78 is 52.1. The molecule has 6 atom stereocenters. The summed E-state index contributed by atoms with van der Waals surface area (Å²) in [5.41, 5.74) is 4.98. The van der Waals surface area contributed by atoms with Crippen molar-refractivity contribution in [2.45, 2.75) is 31.0 Å². The molecule has 2 fully saturated rings. The highest BCUT2D eigenvalue weighted by Crippen LogP contribution is 2.57. The van der Waals surface area contributed by atoms with Crippen LogP contribution in [0.25, 0.3) is 0 Å². The number of amides is 1. The molecule has 5 N–H and O–H groups in total. The van der Waals surface area contributed by atoms with E-state index < -0.39 is 59.2 Å². The first kappa shape index (κ1) is 21.4. The molecule has 158 valence electrons. The maximum absolute atomic E-state index is 11.6. The summed E-state index contributed by atoms with van der Waals surface area (Å²) in [6.45, 7) is -1.77. The van der Waals surface area contributed by atoms with Crippen LogP contribution in [0.4, 0.5) is 0 Å². The van der Waals surface area contributed by atoms with Crippen LogP contribution in [-0.2, 0) is 36.9 Å². The normalized spacial score (nSPS) is 32.2. The highest BCUT2D eigenvalue weighted by Gasteiger charge is 2.55. The fourth-order valence-corrected chi connectivity index (χ4v) is 4.17. The Morgan fingerprint density at radius 2 is 1.96 bits per heavy atom. The average molecular weight is 446 g/mol. The van der Waals surface area contributed by atoms with Gasteiger partial charge in [-0.3, -0.25) is 9.32 Å². The van der Waals surface area contributed by atoms with Crippen LogP contribution in [0.5, 0.6) is 0 Å². The molecule has 2 saturated heterocycles. The number of rotatable bonds is 8.